The van der Waals surface area contributed by atoms with Crippen LogP contribution in [-0.2, 0) is 4.79 Å². The zero-order valence-corrected chi connectivity index (χ0v) is 19.7. The Balaban J connectivity index is 1.30. The number of benzene rings is 2. The second-order valence-electron chi connectivity index (χ2n) is 8.38. The molecular formula is C26H31N3O5. The molecule has 0 aromatic heterocycles. The fourth-order valence-electron chi connectivity index (χ4n) is 4.11. The van der Waals surface area contributed by atoms with E-state index in [1.807, 2.05) is 35.4 Å². The van der Waals surface area contributed by atoms with Crippen LogP contribution in [-0.4, -0.2) is 55.8 Å². The van der Waals surface area contributed by atoms with Gasteiger partial charge in [0.2, 0.25) is 5.91 Å². The summed E-state index contributed by atoms with van der Waals surface area (Å²) in [7, 11) is 1.55. The summed E-state index contributed by atoms with van der Waals surface area (Å²) in [5, 5.41) is 2.88. The van der Waals surface area contributed by atoms with E-state index in [1.54, 1.807) is 19.2 Å². The molecule has 34 heavy (non-hydrogen) atoms. The highest BCUT2D eigenvalue weighted by Crippen LogP contribution is 2.38. The maximum Gasteiger partial charge on any atom is 0.256 e. The number of anilines is 1. The third kappa shape index (κ3) is 5.50. The fraction of sp³-hybridized carbons (Fsp3) is 0.423. The lowest BCUT2D eigenvalue weighted by Crippen LogP contribution is -2.35. The molecule has 0 saturated carbocycles. The zero-order chi connectivity index (χ0) is 23.9. The summed E-state index contributed by atoms with van der Waals surface area (Å²) < 4.78 is 16.9. The molecule has 0 bridgehead atoms. The quantitative estimate of drug-likeness (QED) is 0.518. The van der Waals surface area contributed by atoms with Crippen molar-refractivity contribution >= 4 is 29.4 Å². The first-order chi connectivity index (χ1) is 16.6. The summed E-state index contributed by atoms with van der Waals surface area (Å²) >= 11 is 0. The third-order valence-electron chi connectivity index (χ3n) is 5.87. The van der Waals surface area contributed by atoms with Crippen molar-refractivity contribution in [1.82, 2.24) is 4.90 Å². The molecule has 0 radical (unpaired) electrons. The Labute approximate surface area is 199 Å². The average Bonchev–Trinajstić information content (AvgIpc) is 3.28. The van der Waals surface area contributed by atoms with Crippen LogP contribution in [0, 0.1) is 0 Å². The third-order valence-corrected chi connectivity index (χ3v) is 5.87. The Hall–Kier alpha value is -3.55. The van der Waals surface area contributed by atoms with Gasteiger partial charge in [0.1, 0.15) is 5.75 Å². The summed E-state index contributed by atoms with van der Waals surface area (Å²) in [6, 6.07) is 10.8. The van der Waals surface area contributed by atoms with Gasteiger partial charge in [0.15, 0.2) is 11.5 Å². The van der Waals surface area contributed by atoms with Crippen LogP contribution in [0.25, 0.3) is 0 Å². The van der Waals surface area contributed by atoms with Crippen molar-refractivity contribution < 1.29 is 23.8 Å². The van der Waals surface area contributed by atoms with E-state index >= 15 is 0 Å². The van der Waals surface area contributed by atoms with Crippen LogP contribution in [0.1, 0.15) is 49.4 Å². The Morgan fingerprint density at radius 3 is 2.74 bits per heavy atom. The van der Waals surface area contributed by atoms with Gasteiger partial charge in [-0.15, -0.1) is 0 Å². The maximum atomic E-state index is 12.9. The Kier molecular flexibility index (Phi) is 7.67. The van der Waals surface area contributed by atoms with Gasteiger partial charge in [-0.3, -0.25) is 14.6 Å². The Bertz CT molecular complexity index is 1050. The predicted molar refractivity (Wildman–Crippen MR) is 131 cm³/mol. The van der Waals surface area contributed by atoms with Crippen LogP contribution < -0.4 is 19.5 Å². The molecule has 2 aliphatic rings. The van der Waals surface area contributed by atoms with E-state index in [1.165, 1.54) is 0 Å². The average molecular weight is 466 g/mol. The van der Waals surface area contributed by atoms with Gasteiger partial charge < -0.3 is 24.4 Å². The number of carbonyl (C=O) groups excluding carboxylic acids is 2. The fourth-order valence-corrected chi connectivity index (χ4v) is 4.11. The summed E-state index contributed by atoms with van der Waals surface area (Å²) in [6.07, 6.45) is 5.56. The molecule has 1 atom stereocenters. The smallest absolute Gasteiger partial charge is 0.256 e. The summed E-state index contributed by atoms with van der Waals surface area (Å²) in [5.41, 5.74) is 1.83. The molecule has 8 heteroatoms. The molecule has 8 nitrogen and oxygen atoms in total. The number of hydrogen-bond acceptors (Lipinski definition) is 6. The van der Waals surface area contributed by atoms with Crippen LogP contribution in [0.5, 0.6) is 17.2 Å². The minimum Gasteiger partial charge on any atom is -0.494 e. The Morgan fingerprint density at radius 2 is 1.97 bits per heavy atom. The number of methoxy groups -OCH3 is 1. The lowest BCUT2D eigenvalue weighted by Gasteiger charge is -2.20. The molecule has 2 aliphatic heterocycles. The van der Waals surface area contributed by atoms with Gasteiger partial charge in [0, 0.05) is 30.9 Å². The molecule has 1 N–H and O–H groups in total. The molecule has 2 aromatic carbocycles. The molecule has 2 amide bonds. The normalized spacial score (nSPS) is 16.5. The standard InChI is InChI=1S/C26H31N3O5/c1-3-13-33-20-10-8-18(9-11-20)28-25(30)7-5-14-34-24-16-22-21(15-23(24)32-2)26(31)29-12-4-6-19(29)17-27-22/h8-11,15-17,19H,3-7,12-14H2,1-2H3,(H,28,30)/t19-/m0/s1. The highest BCUT2D eigenvalue weighted by atomic mass is 16.5. The van der Waals surface area contributed by atoms with Gasteiger partial charge >= 0.3 is 0 Å². The first kappa shape index (κ1) is 23.6. The minimum atomic E-state index is -0.0875. The second kappa shape index (κ2) is 11.0. The van der Waals surface area contributed by atoms with E-state index in [0.29, 0.717) is 48.8 Å². The van der Waals surface area contributed by atoms with E-state index in [9.17, 15) is 9.59 Å². The molecule has 0 aliphatic carbocycles. The first-order valence-electron chi connectivity index (χ1n) is 11.8. The van der Waals surface area contributed by atoms with Gasteiger partial charge in [-0.2, -0.15) is 0 Å². The Morgan fingerprint density at radius 1 is 1.15 bits per heavy atom. The van der Waals surface area contributed by atoms with Crippen LogP contribution in [0.4, 0.5) is 11.4 Å². The molecule has 2 aromatic rings. The monoisotopic (exact) mass is 465 g/mol. The molecule has 1 saturated heterocycles. The van der Waals surface area contributed by atoms with Crippen LogP contribution in [0.2, 0.25) is 0 Å². The lowest BCUT2D eigenvalue weighted by molar-refractivity contribution is -0.116. The van der Waals surface area contributed by atoms with Gasteiger partial charge in [-0.25, -0.2) is 0 Å². The molecule has 1 fully saturated rings. The second-order valence-corrected chi connectivity index (χ2v) is 8.38. The van der Waals surface area contributed by atoms with E-state index in [4.69, 9.17) is 14.2 Å². The predicted octanol–water partition coefficient (Wildman–Crippen LogP) is 4.60. The van der Waals surface area contributed by atoms with Crippen molar-refractivity contribution in [1.29, 1.82) is 0 Å². The molecule has 2 heterocycles. The van der Waals surface area contributed by atoms with Gasteiger partial charge in [0.05, 0.1) is 37.6 Å². The molecule has 0 unspecified atom stereocenters. The largest absolute Gasteiger partial charge is 0.494 e. The number of nitrogens with zero attached hydrogens (tertiary/aromatic N) is 2. The number of nitrogens with one attached hydrogen (secondary N) is 1. The highest BCUT2D eigenvalue weighted by Gasteiger charge is 2.32. The number of aliphatic imine (C=N–C) groups is 1. The topological polar surface area (TPSA) is 89.5 Å². The molecule has 4 rings (SSSR count). The number of amides is 2. The van der Waals surface area contributed by atoms with Crippen LogP contribution in [0.3, 0.4) is 0 Å². The maximum absolute atomic E-state index is 12.9. The van der Waals surface area contributed by atoms with Crippen molar-refractivity contribution in [2.24, 2.45) is 4.99 Å². The van der Waals surface area contributed by atoms with Crippen LogP contribution in [0.15, 0.2) is 41.4 Å². The van der Waals surface area contributed by atoms with Gasteiger partial charge in [-0.05, 0) is 56.0 Å². The van der Waals surface area contributed by atoms with Crippen molar-refractivity contribution in [2.75, 3.05) is 32.2 Å². The number of fused-ring (bicyclic) bond motifs is 2. The zero-order valence-electron chi connectivity index (χ0n) is 19.7. The van der Waals surface area contributed by atoms with Crippen molar-refractivity contribution in [3.05, 3.63) is 42.0 Å². The van der Waals surface area contributed by atoms with E-state index in [2.05, 4.69) is 17.2 Å². The molecular weight excluding hydrogens is 434 g/mol. The van der Waals surface area contributed by atoms with Crippen molar-refractivity contribution in [2.45, 2.75) is 45.1 Å². The first-order valence-corrected chi connectivity index (χ1v) is 11.8. The van der Waals surface area contributed by atoms with Gasteiger partial charge in [0.25, 0.3) is 5.91 Å². The molecule has 0 spiro atoms. The lowest BCUT2D eigenvalue weighted by atomic mass is 10.1. The SMILES string of the molecule is CCCOc1ccc(NC(=O)CCCOc2cc3c(cc2OC)C(=O)N2CCC[C@H]2C=N3)cc1. The van der Waals surface area contributed by atoms with E-state index in [-0.39, 0.29) is 17.9 Å². The minimum absolute atomic E-state index is 0.0264. The number of rotatable bonds is 10. The van der Waals surface area contributed by atoms with E-state index < -0.39 is 0 Å². The molecule has 180 valence electrons. The number of ether oxygens (including phenoxy) is 3. The summed E-state index contributed by atoms with van der Waals surface area (Å²) in [4.78, 5) is 31.6. The van der Waals surface area contributed by atoms with Crippen LogP contribution >= 0.6 is 0 Å². The summed E-state index contributed by atoms with van der Waals surface area (Å²) in [5.74, 6) is 1.66. The van der Waals surface area contributed by atoms with Gasteiger partial charge in [-0.1, -0.05) is 6.92 Å². The summed E-state index contributed by atoms with van der Waals surface area (Å²) in [6.45, 7) is 3.80. The highest BCUT2D eigenvalue weighted by molar-refractivity contribution is 6.03. The van der Waals surface area contributed by atoms with Crippen molar-refractivity contribution in [3.63, 3.8) is 0 Å². The number of carbonyl (C=O) groups is 2. The van der Waals surface area contributed by atoms with E-state index in [0.717, 1.165) is 37.2 Å². The number of hydrogen-bond donors (Lipinski definition) is 1. The van der Waals surface area contributed by atoms with Crippen molar-refractivity contribution in [3.8, 4) is 17.2 Å².